The van der Waals surface area contributed by atoms with Crippen LogP contribution in [0.4, 0.5) is 0 Å². The molecule has 0 radical (unpaired) electrons. The van der Waals surface area contributed by atoms with E-state index in [2.05, 4.69) is 17.6 Å². The van der Waals surface area contributed by atoms with Crippen LogP contribution in [-0.4, -0.2) is 25.0 Å². The predicted molar refractivity (Wildman–Crippen MR) is 63.9 cm³/mol. The standard InChI is InChI=1S/C11H16N2O2.ClH/c1-8-7-12-5-4-9(8)13-11(14)10-3-2-6-15-10;/h2-3,6,8-9,12H,4-5,7H2,1H3,(H,13,14);1H. The van der Waals surface area contributed by atoms with Gasteiger partial charge in [0, 0.05) is 6.04 Å². The van der Waals surface area contributed by atoms with E-state index in [-0.39, 0.29) is 24.4 Å². The summed E-state index contributed by atoms with van der Waals surface area (Å²) < 4.78 is 5.04. The van der Waals surface area contributed by atoms with Gasteiger partial charge in [0.1, 0.15) is 0 Å². The molecule has 2 rings (SSSR count). The highest BCUT2D eigenvalue weighted by molar-refractivity contribution is 5.91. The first-order chi connectivity index (χ1) is 7.27. The van der Waals surface area contributed by atoms with Gasteiger partial charge in [0.25, 0.3) is 5.91 Å². The Hall–Kier alpha value is -1.00. The number of furan rings is 1. The lowest BCUT2D eigenvalue weighted by Crippen LogP contribution is -2.48. The molecule has 1 aromatic heterocycles. The molecule has 4 nitrogen and oxygen atoms in total. The van der Waals surface area contributed by atoms with Crippen LogP contribution in [0.2, 0.25) is 0 Å². The highest BCUT2D eigenvalue weighted by atomic mass is 35.5. The van der Waals surface area contributed by atoms with Gasteiger partial charge in [-0.2, -0.15) is 0 Å². The van der Waals surface area contributed by atoms with Gasteiger partial charge in [0.05, 0.1) is 6.26 Å². The van der Waals surface area contributed by atoms with E-state index in [9.17, 15) is 4.79 Å². The third-order valence-electron chi connectivity index (χ3n) is 2.85. The van der Waals surface area contributed by atoms with Gasteiger partial charge in [-0.05, 0) is 37.6 Å². The molecule has 2 heterocycles. The van der Waals surface area contributed by atoms with Gasteiger partial charge >= 0.3 is 0 Å². The highest BCUT2D eigenvalue weighted by Gasteiger charge is 2.23. The molecular formula is C11H17ClN2O2. The summed E-state index contributed by atoms with van der Waals surface area (Å²) in [6.07, 6.45) is 2.49. The Balaban J connectivity index is 0.00000128. The van der Waals surface area contributed by atoms with Crippen molar-refractivity contribution in [1.29, 1.82) is 0 Å². The third-order valence-corrected chi connectivity index (χ3v) is 2.85. The lowest BCUT2D eigenvalue weighted by atomic mass is 9.95. The van der Waals surface area contributed by atoms with Crippen molar-refractivity contribution in [1.82, 2.24) is 10.6 Å². The number of amides is 1. The first-order valence-corrected chi connectivity index (χ1v) is 5.32. The lowest BCUT2D eigenvalue weighted by Gasteiger charge is -2.29. The van der Waals surface area contributed by atoms with Gasteiger partial charge in [-0.3, -0.25) is 4.79 Å². The topological polar surface area (TPSA) is 54.3 Å². The fourth-order valence-electron chi connectivity index (χ4n) is 1.88. The fraction of sp³-hybridized carbons (Fsp3) is 0.545. The van der Waals surface area contributed by atoms with Crippen molar-refractivity contribution in [2.45, 2.75) is 19.4 Å². The molecule has 2 N–H and O–H groups in total. The van der Waals surface area contributed by atoms with Crippen molar-refractivity contribution in [2.24, 2.45) is 5.92 Å². The predicted octanol–water partition coefficient (Wildman–Crippen LogP) is 1.43. The molecule has 5 heteroatoms. The van der Waals surface area contributed by atoms with E-state index in [0.29, 0.717) is 11.7 Å². The zero-order chi connectivity index (χ0) is 10.7. The Labute approximate surface area is 101 Å². The van der Waals surface area contributed by atoms with E-state index in [1.165, 1.54) is 6.26 Å². The number of piperidine rings is 1. The average Bonchev–Trinajstić information content (AvgIpc) is 2.74. The Morgan fingerprint density at radius 2 is 2.44 bits per heavy atom. The van der Waals surface area contributed by atoms with Crippen molar-refractivity contribution in [2.75, 3.05) is 13.1 Å². The number of nitrogens with one attached hydrogen (secondary N) is 2. The normalized spacial score (nSPS) is 24.6. The Kier molecular flexibility index (Phi) is 4.83. The van der Waals surface area contributed by atoms with Gasteiger partial charge in [0.15, 0.2) is 5.76 Å². The highest BCUT2D eigenvalue weighted by Crippen LogP contribution is 2.11. The van der Waals surface area contributed by atoms with E-state index in [1.807, 2.05) is 0 Å². The minimum absolute atomic E-state index is 0. The molecule has 0 aromatic carbocycles. The maximum Gasteiger partial charge on any atom is 0.287 e. The number of carbonyl (C=O) groups is 1. The number of hydrogen-bond donors (Lipinski definition) is 2. The molecule has 1 saturated heterocycles. The molecular weight excluding hydrogens is 228 g/mol. The number of hydrogen-bond acceptors (Lipinski definition) is 3. The van der Waals surface area contributed by atoms with Crippen LogP contribution in [0, 0.1) is 5.92 Å². The van der Waals surface area contributed by atoms with Crippen molar-refractivity contribution in [3.05, 3.63) is 24.2 Å². The summed E-state index contributed by atoms with van der Waals surface area (Å²) in [4.78, 5) is 11.7. The molecule has 1 aliphatic heterocycles. The summed E-state index contributed by atoms with van der Waals surface area (Å²) in [6.45, 7) is 4.07. The van der Waals surface area contributed by atoms with Gasteiger partial charge in [-0.1, -0.05) is 6.92 Å². The minimum Gasteiger partial charge on any atom is -0.459 e. The quantitative estimate of drug-likeness (QED) is 0.828. The SMILES string of the molecule is CC1CNCCC1NC(=O)c1ccco1.Cl. The van der Waals surface area contributed by atoms with Crippen LogP contribution in [0.1, 0.15) is 23.9 Å². The van der Waals surface area contributed by atoms with E-state index in [1.54, 1.807) is 12.1 Å². The molecule has 16 heavy (non-hydrogen) atoms. The molecule has 2 unspecified atom stereocenters. The van der Waals surface area contributed by atoms with Crippen LogP contribution in [-0.2, 0) is 0 Å². The van der Waals surface area contributed by atoms with Crippen LogP contribution in [0.25, 0.3) is 0 Å². The summed E-state index contributed by atoms with van der Waals surface area (Å²) in [5, 5.41) is 6.30. The maximum atomic E-state index is 11.7. The molecule has 1 fully saturated rings. The molecule has 2 atom stereocenters. The number of halogens is 1. The van der Waals surface area contributed by atoms with Gasteiger partial charge < -0.3 is 15.1 Å². The maximum absolute atomic E-state index is 11.7. The summed E-state index contributed by atoms with van der Waals surface area (Å²) in [6, 6.07) is 3.66. The average molecular weight is 245 g/mol. The smallest absolute Gasteiger partial charge is 0.287 e. The summed E-state index contributed by atoms with van der Waals surface area (Å²) in [5.74, 6) is 0.747. The molecule has 1 aromatic rings. The Bertz CT molecular complexity index is 327. The van der Waals surface area contributed by atoms with Crippen molar-refractivity contribution in [3.63, 3.8) is 0 Å². The molecule has 1 amide bonds. The van der Waals surface area contributed by atoms with E-state index in [0.717, 1.165) is 19.5 Å². The summed E-state index contributed by atoms with van der Waals surface area (Å²) in [7, 11) is 0. The monoisotopic (exact) mass is 244 g/mol. The van der Waals surface area contributed by atoms with Gasteiger partial charge in [-0.15, -0.1) is 12.4 Å². The molecule has 0 saturated carbocycles. The van der Waals surface area contributed by atoms with Crippen LogP contribution in [0.5, 0.6) is 0 Å². The van der Waals surface area contributed by atoms with E-state index in [4.69, 9.17) is 4.42 Å². The summed E-state index contributed by atoms with van der Waals surface area (Å²) >= 11 is 0. The first kappa shape index (κ1) is 13.1. The molecule has 0 spiro atoms. The first-order valence-electron chi connectivity index (χ1n) is 5.32. The van der Waals surface area contributed by atoms with Crippen LogP contribution >= 0.6 is 12.4 Å². The molecule has 0 aliphatic carbocycles. The van der Waals surface area contributed by atoms with Crippen LogP contribution in [0.3, 0.4) is 0 Å². The van der Waals surface area contributed by atoms with E-state index < -0.39 is 0 Å². The molecule has 1 aliphatic rings. The Morgan fingerprint density at radius 1 is 1.62 bits per heavy atom. The van der Waals surface area contributed by atoms with Crippen molar-refractivity contribution >= 4 is 18.3 Å². The minimum atomic E-state index is -0.112. The van der Waals surface area contributed by atoms with Gasteiger partial charge in [0.2, 0.25) is 0 Å². The lowest BCUT2D eigenvalue weighted by molar-refractivity contribution is 0.0886. The molecule has 90 valence electrons. The fourth-order valence-corrected chi connectivity index (χ4v) is 1.88. The largest absolute Gasteiger partial charge is 0.459 e. The van der Waals surface area contributed by atoms with Crippen molar-refractivity contribution < 1.29 is 9.21 Å². The second kappa shape index (κ2) is 5.92. The van der Waals surface area contributed by atoms with Gasteiger partial charge in [-0.25, -0.2) is 0 Å². The number of carbonyl (C=O) groups excluding carboxylic acids is 1. The zero-order valence-electron chi connectivity index (χ0n) is 9.23. The van der Waals surface area contributed by atoms with Crippen LogP contribution in [0.15, 0.2) is 22.8 Å². The Morgan fingerprint density at radius 3 is 3.06 bits per heavy atom. The summed E-state index contributed by atoms with van der Waals surface area (Å²) in [5.41, 5.74) is 0. The number of rotatable bonds is 2. The molecule has 0 bridgehead atoms. The zero-order valence-corrected chi connectivity index (χ0v) is 10.0. The second-order valence-electron chi connectivity index (χ2n) is 4.03. The van der Waals surface area contributed by atoms with Crippen molar-refractivity contribution in [3.8, 4) is 0 Å². The second-order valence-corrected chi connectivity index (χ2v) is 4.03. The third kappa shape index (κ3) is 3.00. The van der Waals surface area contributed by atoms with E-state index >= 15 is 0 Å². The van der Waals surface area contributed by atoms with Crippen LogP contribution < -0.4 is 10.6 Å².